The summed E-state index contributed by atoms with van der Waals surface area (Å²) < 4.78 is 1.89. The molecule has 0 saturated heterocycles. The second-order valence-electron chi connectivity index (χ2n) is 6.60. The lowest BCUT2D eigenvalue weighted by atomic mass is 10.1. The number of hydrogen-bond acceptors (Lipinski definition) is 6. The molecule has 8 heteroatoms. The molecule has 8 nitrogen and oxygen atoms in total. The van der Waals surface area contributed by atoms with E-state index in [9.17, 15) is 4.79 Å². The van der Waals surface area contributed by atoms with E-state index in [0.717, 1.165) is 17.0 Å². The van der Waals surface area contributed by atoms with E-state index < -0.39 is 0 Å². The number of carbonyl (C=O) groups is 1. The number of anilines is 2. The van der Waals surface area contributed by atoms with Crippen LogP contribution in [0.4, 0.5) is 11.8 Å². The summed E-state index contributed by atoms with van der Waals surface area (Å²) >= 11 is 0. The van der Waals surface area contributed by atoms with Crippen molar-refractivity contribution in [2.45, 2.75) is 33.4 Å². The van der Waals surface area contributed by atoms with E-state index in [-0.39, 0.29) is 23.7 Å². The minimum atomic E-state index is -0.166. The van der Waals surface area contributed by atoms with Crippen molar-refractivity contribution in [3.63, 3.8) is 0 Å². The first-order chi connectivity index (χ1) is 12.8. The molecule has 0 spiro atoms. The van der Waals surface area contributed by atoms with Crippen LogP contribution in [-0.4, -0.2) is 31.7 Å². The molecule has 0 aliphatic rings. The molecule has 3 rings (SSSR count). The fourth-order valence-electron chi connectivity index (χ4n) is 2.92. The van der Waals surface area contributed by atoms with Gasteiger partial charge in [-0.05, 0) is 39.0 Å². The first-order valence-electron chi connectivity index (χ1n) is 8.64. The van der Waals surface area contributed by atoms with E-state index in [1.54, 1.807) is 24.3 Å². The van der Waals surface area contributed by atoms with Gasteiger partial charge in [0.05, 0.1) is 17.9 Å². The van der Waals surface area contributed by atoms with E-state index in [2.05, 4.69) is 20.4 Å². The third-order valence-corrected chi connectivity index (χ3v) is 4.11. The van der Waals surface area contributed by atoms with Gasteiger partial charge in [-0.1, -0.05) is 12.1 Å². The van der Waals surface area contributed by atoms with Gasteiger partial charge >= 0.3 is 0 Å². The fourth-order valence-corrected chi connectivity index (χ4v) is 2.92. The van der Waals surface area contributed by atoms with Gasteiger partial charge < -0.3 is 16.8 Å². The van der Waals surface area contributed by atoms with Crippen LogP contribution in [0.5, 0.6) is 0 Å². The average Bonchev–Trinajstić information content (AvgIpc) is 2.91. The zero-order chi connectivity index (χ0) is 19.6. The molecule has 0 aliphatic carbocycles. The Morgan fingerprint density at radius 2 is 1.96 bits per heavy atom. The van der Waals surface area contributed by atoms with E-state index in [1.165, 1.54) is 0 Å². The van der Waals surface area contributed by atoms with Crippen LogP contribution in [0.1, 0.15) is 28.7 Å². The Morgan fingerprint density at radius 3 is 2.63 bits per heavy atom. The fraction of sp³-hybridized carbons (Fsp3) is 0.263. The quantitative estimate of drug-likeness (QED) is 0.634. The van der Waals surface area contributed by atoms with Crippen LogP contribution in [0.25, 0.3) is 11.3 Å². The van der Waals surface area contributed by atoms with E-state index in [0.29, 0.717) is 17.8 Å². The highest BCUT2D eigenvalue weighted by Gasteiger charge is 2.13. The summed E-state index contributed by atoms with van der Waals surface area (Å²) in [6.07, 6.45) is 0. The molecule has 5 N–H and O–H groups in total. The summed E-state index contributed by atoms with van der Waals surface area (Å²) in [6, 6.07) is 10.7. The molecular weight excluding hydrogens is 342 g/mol. The van der Waals surface area contributed by atoms with Crippen molar-refractivity contribution in [2.24, 2.45) is 0 Å². The van der Waals surface area contributed by atoms with Crippen LogP contribution in [0, 0.1) is 13.8 Å². The second-order valence-corrected chi connectivity index (χ2v) is 6.60. The lowest BCUT2D eigenvalue weighted by Crippen LogP contribution is -2.36. The van der Waals surface area contributed by atoms with Gasteiger partial charge in [-0.25, -0.2) is 4.98 Å². The number of nitrogens with two attached hydrogens (primary N) is 2. The molecular formula is C19H23N7O. The predicted molar refractivity (Wildman–Crippen MR) is 105 cm³/mol. The summed E-state index contributed by atoms with van der Waals surface area (Å²) in [7, 11) is 0. The van der Waals surface area contributed by atoms with Crippen LogP contribution in [0.15, 0.2) is 36.4 Å². The van der Waals surface area contributed by atoms with E-state index >= 15 is 0 Å². The molecule has 140 valence electrons. The molecule has 1 atom stereocenters. The molecule has 2 heterocycles. The normalized spacial score (nSPS) is 12.0. The summed E-state index contributed by atoms with van der Waals surface area (Å²) in [5, 5.41) is 7.43. The van der Waals surface area contributed by atoms with Gasteiger partial charge in [-0.3, -0.25) is 9.48 Å². The van der Waals surface area contributed by atoms with Crippen molar-refractivity contribution >= 4 is 17.7 Å². The molecule has 2 aromatic heterocycles. The Labute approximate surface area is 157 Å². The molecule has 0 aliphatic heterocycles. The van der Waals surface area contributed by atoms with Gasteiger partial charge in [0.25, 0.3) is 5.91 Å². The molecule has 0 saturated carbocycles. The second kappa shape index (κ2) is 7.45. The molecule has 0 bridgehead atoms. The van der Waals surface area contributed by atoms with Crippen molar-refractivity contribution in [3.8, 4) is 11.3 Å². The zero-order valence-electron chi connectivity index (χ0n) is 15.6. The minimum absolute atomic E-state index is 0.0792. The summed E-state index contributed by atoms with van der Waals surface area (Å²) in [6.45, 7) is 6.50. The van der Waals surface area contributed by atoms with Crippen molar-refractivity contribution in [1.29, 1.82) is 0 Å². The highest BCUT2D eigenvalue weighted by Crippen LogP contribution is 2.20. The lowest BCUT2D eigenvalue weighted by Gasteiger charge is -2.15. The number of carbonyl (C=O) groups excluding carboxylic acids is 1. The highest BCUT2D eigenvalue weighted by molar-refractivity contribution is 5.95. The maximum absolute atomic E-state index is 12.6. The largest absolute Gasteiger partial charge is 0.384 e. The zero-order valence-corrected chi connectivity index (χ0v) is 15.6. The number of amides is 1. The summed E-state index contributed by atoms with van der Waals surface area (Å²) in [5.74, 6) is 0.213. The van der Waals surface area contributed by atoms with Crippen molar-refractivity contribution < 1.29 is 4.79 Å². The Kier molecular flexibility index (Phi) is 5.07. The van der Waals surface area contributed by atoms with Crippen LogP contribution < -0.4 is 16.8 Å². The van der Waals surface area contributed by atoms with Crippen LogP contribution in [0.3, 0.4) is 0 Å². The Bertz CT molecular complexity index is 960. The van der Waals surface area contributed by atoms with Crippen molar-refractivity contribution in [1.82, 2.24) is 25.1 Å². The molecule has 1 amide bonds. The average molecular weight is 365 g/mol. The van der Waals surface area contributed by atoms with Crippen LogP contribution >= 0.6 is 0 Å². The lowest BCUT2D eigenvalue weighted by molar-refractivity contribution is 0.0936. The number of rotatable bonds is 5. The minimum Gasteiger partial charge on any atom is -0.384 e. The first kappa shape index (κ1) is 18.4. The maximum Gasteiger partial charge on any atom is 0.251 e. The van der Waals surface area contributed by atoms with Gasteiger partial charge in [0, 0.05) is 28.9 Å². The Hall–Kier alpha value is -3.42. The Morgan fingerprint density at radius 1 is 1.19 bits per heavy atom. The molecule has 3 aromatic rings. The van der Waals surface area contributed by atoms with Crippen molar-refractivity contribution in [3.05, 3.63) is 53.3 Å². The first-order valence-corrected chi connectivity index (χ1v) is 8.64. The molecule has 0 unspecified atom stereocenters. The smallest absolute Gasteiger partial charge is 0.251 e. The highest BCUT2D eigenvalue weighted by atomic mass is 16.1. The third kappa shape index (κ3) is 4.41. The van der Waals surface area contributed by atoms with Gasteiger partial charge in [-0.2, -0.15) is 10.1 Å². The van der Waals surface area contributed by atoms with Crippen LogP contribution in [0.2, 0.25) is 0 Å². The number of aromatic nitrogens is 4. The van der Waals surface area contributed by atoms with Gasteiger partial charge in [0.1, 0.15) is 5.82 Å². The van der Waals surface area contributed by atoms with Gasteiger partial charge in [0.2, 0.25) is 5.95 Å². The predicted octanol–water partition coefficient (Wildman–Crippen LogP) is 1.94. The third-order valence-electron chi connectivity index (χ3n) is 4.11. The molecule has 0 radical (unpaired) electrons. The SMILES string of the molecule is Cc1cc(C)n(C[C@H](C)NC(=O)c2cccc(-c3cc(N)nc(N)n3)c2)n1. The van der Waals surface area contributed by atoms with Crippen molar-refractivity contribution in [2.75, 3.05) is 11.5 Å². The summed E-state index contributed by atoms with van der Waals surface area (Å²) in [5.41, 5.74) is 15.3. The monoisotopic (exact) mass is 365 g/mol. The number of hydrogen-bond donors (Lipinski definition) is 3. The standard InChI is InChI=1S/C19H23N7O/c1-11-7-13(3)26(25-11)10-12(2)22-18(27)15-6-4-5-14(8-15)16-9-17(20)24-19(21)23-16/h4-9,12H,10H2,1-3H3,(H,22,27)(H4,20,21,23,24)/t12-/m0/s1. The maximum atomic E-state index is 12.6. The molecule has 0 fully saturated rings. The molecule has 1 aromatic carbocycles. The topological polar surface area (TPSA) is 125 Å². The number of nitrogens with zero attached hydrogens (tertiary/aromatic N) is 4. The molecule has 27 heavy (non-hydrogen) atoms. The Balaban J connectivity index is 1.74. The van der Waals surface area contributed by atoms with Crippen LogP contribution in [-0.2, 0) is 6.54 Å². The number of nitrogen functional groups attached to an aromatic ring is 2. The van der Waals surface area contributed by atoms with E-state index in [1.807, 2.05) is 37.6 Å². The van der Waals surface area contributed by atoms with E-state index in [4.69, 9.17) is 11.5 Å². The number of benzene rings is 1. The summed E-state index contributed by atoms with van der Waals surface area (Å²) in [4.78, 5) is 20.7. The van der Waals surface area contributed by atoms with Gasteiger partial charge in [-0.15, -0.1) is 0 Å². The number of aryl methyl sites for hydroxylation is 2. The van der Waals surface area contributed by atoms with Gasteiger partial charge in [0.15, 0.2) is 0 Å². The number of nitrogens with one attached hydrogen (secondary N) is 1.